The molecule has 1 atom stereocenters. The Morgan fingerprint density at radius 3 is 1.37 bits per heavy atom. The van der Waals surface area contributed by atoms with Crippen LogP contribution in [0.4, 0.5) is 39.3 Å². The first-order valence-electron chi connectivity index (χ1n) is 29.1. The Morgan fingerprint density at radius 1 is 0.457 bits per heavy atom. The molecule has 0 aliphatic heterocycles. The summed E-state index contributed by atoms with van der Waals surface area (Å²) >= 11 is 0. The van der Waals surface area contributed by atoms with Gasteiger partial charge in [-0.3, -0.25) is 52.7 Å². The Bertz CT molecular complexity index is 4030. The number of hydrogen-bond donors (Lipinski definition) is 11. The molecule has 7 aromatic rings. The molecule has 500 valence electrons. The van der Waals surface area contributed by atoms with Gasteiger partial charge in [-0.2, -0.15) is 0 Å². The van der Waals surface area contributed by atoms with Crippen molar-refractivity contribution in [3.63, 3.8) is 0 Å². The Kier molecular flexibility index (Phi) is 22.8. The fourth-order valence-electron chi connectivity index (χ4n) is 9.05. The smallest absolute Gasteiger partial charge is 0.408 e. The van der Waals surface area contributed by atoms with Crippen LogP contribution in [0.1, 0.15) is 127 Å². The fourth-order valence-corrected chi connectivity index (χ4v) is 9.05. The highest BCUT2D eigenvalue weighted by atomic mass is 16.6. The second kappa shape index (κ2) is 30.8. The van der Waals surface area contributed by atoms with Crippen LogP contribution in [0.25, 0.3) is 0 Å². The molecule has 0 radical (unpaired) electrons. The van der Waals surface area contributed by atoms with Gasteiger partial charge < -0.3 is 99.9 Å². The SMILES string of the molecule is CCOC(=O)CCNC(=O)c1nc(NC(=O)c2cc(NC(=O)CCNC(=O)c3nc(NC(=O)[C@@H](CCNC(=O)c4cc(NC(=O)c5nc(NC(=O)CCNC(=O)c6cc(NC(=O)c7nccn7C)cn6C)cn5C)cn4C)NC(=O)OC(C)(C)C)cn3C)cn2C)cn1C. The van der Waals surface area contributed by atoms with Crippen molar-refractivity contribution >= 4 is 106 Å². The number of carbonyl (C=O) groups excluding carboxylic acids is 12. The zero-order valence-corrected chi connectivity index (χ0v) is 53.4. The molecule has 0 aliphatic rings. The third-order valence-corrected chi connectivity index (χ3v) is 13.5. The van der Waals surface area contributed by atoms with Gasteiger partial charge in [0, 0.05) is 138 Å². The minimum absolute atomic E-state index is 0.0198. The van der Waals surface area contributed by atoms with Gasteiger partial charge in [0.2, 0.25) is 35.2 Å². The number of rotatable bonds is 28. The van der Waals surface area contributed by atoms with E-state index in [1.807, 2.05) is 0 Å². The van der Waals surface area contributed by atoms with Crippen LogP contribution in [0.3, 0.4) is 0 Å². The Balaban J connectivity index is 0.850. The molecule has 7 rings (SSSR count). The molecule has 0 unspecified atom stereocenters. The third-order valence-electron chi connectivity index (χ3n) is 13.5. The van der Waals surface area contributed by atoms with Gasteiger partial charge in [-0.1, -0.05) is 0 Å². The summed E-state index contributed by atoms with van der Waals surface area (Å²) in [5.41, 5.74) is 0.352. The maximum absolute atomic E-state index is 13.8. The zero-order valence-electron chi connectivity index (χ0n) is 53.4. The molecule has 0 saturated heterocycles. The summed E-state index contributed by atoms with van der Waals surface area (Å²) in [6.45, 7) is 6.42. The van der Waals surface area contributed by atoms with Crippen molar-refractivity contribution in [2.24, 2.45) is 49.3 Å². The second-order valence-corrected chi connectivity index (χ2v) is 22.2. The van der Waals surface area contributed by atoms with Crippen LogP contribution in [0, 0.1) is 0 Å². The molecule has 94 heavy (non-hydrogen) atoms. The van der Waals surface area contributed by atoms with Crippen molar-refractivity contribution in [3.05, 3.63) is 108 Å². The third kappa shape index (κ3) is 19.1. The van der Waals surface area contributed by atoms with Gasteiger partial charge in [0.1, 0.15) is 28.7 Å². The minimum atomic E-state index is -1.32. The molecule has 0 saturated carbocycles. The van der Waals surface area contributed by atoms with Crippen molar-refractivity contribution in [1.29, 1.82) is 0 Å². The van der Waals surface area contributed by atoms with Gasteiger partial charge in [-0.15, -0.1) is 0 Å². The van der Waals surface area contributed by atoms with Crippen LogP contribution >= 0.6 is 0 Å². The molecule has 36 heteroatoms. The number of nitrogens with zero attached hydrogens (tertiary/aromatic N) is 11. The number of esters is 1. The molecule has 0 aromatic carbocycles. The van der Waals surface area contributed by atoms with Crippen molar-refractivity contribution in [2.45, 2.75) is 65.0 Å². The lowest BCUT2D eigenvalue weighted by Crippen LogP contribution is -2.47. The predicted molar refractivity (Wildman–Crippen MR) is 336 cm³/mol. The standard InChI is InChI=1S/C58H74N22O14/c1-12-93-44(83)16-20-63-54(89)47-71-41(31-79(47)10)73-52(87)38-23-32(26-77(38)8)64-42(81)14-19-62-53(88)46-70-40(30-78(46)9)72-49(84)35(67-57(92)94-58(2,3)4)13-17-60-50(85)36-25-34(28-76(36)7)66-56(91)48-69-39(29-80(48)11)68-43(82)15-18-61-51(86)37-24-33(27-75(37)6)65-55(90)45-59-21-22-74(45)5/h21-31,35H,12-20H2,1-11H3,(H,60,85)(H,61,86)(H,62,88)(H,63,89)(H,64,81)(H,65,90)(H,66,91)(H,67,92)(H,68,82)(H,72,84)(H,73,87)/t35-/m1/s1. The summed E-state index contributed by atoms with van der Waals surface area (Å²) in [6.07, 6.45) is 10.3. The molecule has 7 heterocycles. The maximum Gasteiger partial charge on any atom is 0.408 e. The average Bonchev–Trinajstić information content (AvgIpc) is 1.71. The fraction of sp³-hybridized carbons (Fsp3) is 0.379. The summed E-state index contributed by atoms with van der Waals surface area (Å²) in [6, 6.07) is 2.98. The van der Waals surface area contributed by atoms with Gasteiger partial charge in [-0.05, 0) is 52.3 Å². The number of aryl methyl sites for hydroxylation is 7. The van der Waals surface area contributed by atoms with E-state index in [4.69, 9.17) is 9.47 Å². The van der Waals surface area contributed by atoms with Crippen molar-refractivity contribution in [3.8, 4) is 0 Å². The number of carbonyl (C=O) groups is 12. The number of amides is 11. The number of hydrogen-bond acceptors (Lipinski definition) is 18. The van der Waals surface area contributed by atoms with Gasteiger partial charge in [0.15, 0.2) is 23.3 Å². The van der Waals surface area contributed by atoms with Crippen molar-refractivity contribution in [1.82, 2.24) is 78.5 Å². The largest absolute Gasteiger partial charge is 0.466 e. The van der Waals surface area contributed by atoms with Gasteiger partial charge in [0.25, 0.3) is 41.4 Å². The molecule has 7 aromatic heterocycles. The summed E-state index contributed by atoms with van der Waals surface area (Å²) in [7, 11) is 11.0. The quantitative estimate of drug-likeness (QED) is 0.0307. The number of alkyl carbamates (subject to hydrolysis) is 1. The van der Waals surface area contributed by atoms with E-state index in [9.17, 15) is 57.5 Å². The molecule has 0 bridgehead atoms. The molecule has 0 spiro atoms. The lowest BCUT2D eigenvalue weighted by atomic mass is 10.2. The number of imidazole rings is 4. The van der Waals surface area contributed by atoms with E-state index in [1.165, 1.54) is 96.9 Å². The highest BCUT2D eigenvalue weighted by Gasteiger charge is 2.28. The normalized spacial score (nSPS) is 11.4. The lowest BCUT2D eigenvalue weighted by molar-refractivity contribution is -0.143. The average molecular weight is 1300 g/mol. The van der Waals surface area contributed by atoms with E-state index in [-0.39, 0.29) is 128 Å². The number of ether oxygens (including phenoxy) is 2. The summed E-state index contributed by atoms with van der Waals surface area (Å²) in [5.74, 6) is -6.43. The monoisotopic (exact) mass is 1300 g/mol. The second-order valence-electron chi connectivity index (χ2n) is 22.2. The van der Waals surface area contributed by atoms with Crippen LogP contribution in [0.2, 0.25) is 0 Å². The zero-order chi connectivity index (χ0) is 68.7. The maximum atomic E-state index is 13.8. The summed E-state index contributed by atoms with van der Waals surface area (Å²) in [5, 5.41) is 28.9. The van der Waals surface area contributed by atoms with E-state index < -0.39 is 82.8 Å². The summed E-state index contributed by atoms with van der Waals surface area (Å²) < 4.78 is 20.3. The first-order valence-corrected chi connectivity index (χ1v) is 29.1. The van der Waals surface area contributed by atoms with E-state index in [0.29, 0.717) is 5.69 Å². The summed E-state index contributed by atoms with van der Waals surface area (Å²) in [4.78, 5) is 172. The van der Waals surface area contributed by atoms with Gasteiger partial charge >= 0.3 is 12.1 Å². The predicted octanol–water partition coefficient (Wildman–Crippen LogP) is 1.25. The highest BCUT2D eigenvalue weighted by Crippen LogP contribution is 2.20. The van der Waals surface area contributed by atoms with Crippen LogP contribution in [0.15, 0.2) is 67.8 Å². The molecule has 0 fully saturated rings. The molecule has 11 N–H and O–H groups in total. The molecule has 36 nitrogen and oxygen atoms in total. The van der Waals surface area contributed by atoms with Crippen LogP contribution in [-0.2, 0) is 78.0 Å². The Morgan fingerprint density at radius 2 is 0.883 bits per heavy atom. The van der Waals surface area contributed by atoms with Gasteiger partial charge in [-0.25, -0.2) is 24.7 Å². The Labute approximate surface area is 536 Å². The molecule has 11 amide bonds. The highest BCUT2D eigenvalue weighted by molar-refractivity contribution is 6.06. The lowest BCUT2D eigenvalue weighted by Gasteiger charge is -2.23. The van der Waals surface area contributed by atoms with E-state index in [0.717, 1.165) is 0 Å². The van der Waals surface area contributed by atoms with E-state index in [2.05, 4.69) is 78.4 Å². The first kappa shape index (κ1) is 69.6. The molecular weight excluding hydrogens is 1230 g/mol. The van der Waals surface area contributed by atoms with Crippen LogP contribution < -0.4 is 58.5 Å². The number of nitrogens with one attached hydrogen (secondary N) is 11. The number of anilines is 6. The van der Waals surface area contributed by atoms with Crippen LogP contribution in [-0.4, -0.2) is 167 Å². The first-order chi connectivity index (χ1) is 44.4. The van der Waals surface area contributed by atoms with Gasteiger partial charge in [0.05, 0.1) is 30.1 Å². The van der Waals surface area contributed by atoms with Crippen molar-refractivity contribution in [2.75, 3.05) is 64.7 Å². The topological polar surface area (TPSA) is 442 Å². The number of aromatic nitrogens is 11. The molecule has 0 aliphatic carbocycles. The Hall–Kier alpha value is -11.9. The van der Waals surface area contributed by atoms with E-state index >= 15 is 0 Å². The van der Waals surface area contributed by atoms with E-state index in [1.54, 1.807) is 79.9 Å². The van der Waals surface area contributed by atoms with Crippen molar-refractivity contribution < 1.29 is 67.0 Å². The molecular formula is C58H74N22O14. The van der Waals surface area contributed by atoms with Crippen LogP contribution in [0.5, 0.6) is 0 Å². The minimum Gasteiger partial charge on any atom is -0.466 e.